The van der Waals surface area contributed by atoms with Crippen molar-refractivity contribution in [3.05, 3.63) is 59.7 Å². The van der Waals surface area contributed by atoms with Gasteiger partial charge >= 0.3 is 0 Å². The minimum absolute atomic E-state index is 0.0336. The molecule has 2 N–H and O–H groups in total. The van der Waals surface area contributed by atoms with Crippen LogP contribution in [-0.2, 0) is 11.3 Å². The fraction of sp³-hybridized carbons (Fsp3) is 0.350. The number of nitrogens with one attached hydrogen (secondary N) is 2. The highest BCUT2D eigenvalue weighted by atomic mass is 16.5. The summed E-state index contributed by atoms with van der Waals surface area (Å²) in [5.74, 6) is 0.846. The quantitative estimate of drug-likeness (QED) is 0.773. The summed E-state index contributed by atoms with van der Waals surface area (Å²) in [4.78, 5) is 12.0. The third-order valence-electron chi connectivity index (χ3n) is 3.49. The van der Waals surface area contributed by atoms with Crippen LogP contribution in [0.25, 0.3) is 0 Å². The van der Waals surface area contributed by atoms with Gasteiger partial charge in [-0.05, 0) is 38.5 Å². The van der Waals surface area contributed by atoms with Crippen LogP contribution < -0.4 is 15.4 Å². The zero-order valence-corrected chi connectivity index (χ0v) is 14.6. The first-order valence-corrected chi connectivity index (χ1v) is 8.36. The lowest BCUT2D eigenvalue weighted by atomic mass is 10.1. The maximum absolute atomic E-state index is 12.0. The lowest BCUT2D eigenvalue weighted by Gasteiger charge is -2.15. The summed E-state index contributed by atoms with van der Waals surface area (Å²) in [6, 6.07) is 15.9. The SMILES string of the molecule is Cc1cccc(CNC(=O)CCNc2ccccc2OC(C)C)c1. The number of para-hydroxylation sites is 2. The van der Waals surface area contributed by atoms with Crippen molar-refractivity contribution in [2.24, 2.45) is 0 Å². The second-order valence-corrected chi connectivity index (χ2v) is 6.11. The molecule has 4 heteroatoms. The van der Waals surface area contributed by atoms with E-state index in [0.717, 1.165) is 17.0 Å². The highest BCUT2D eigenvalue weighted by molar-refractivity contribution is 5.76. The maximum Gasteiger partial charge on any atom is 0.222 e. The van der Waals surface area contributed by atoms with Crippen LogP contribution in [0, 0.1) is 6.92 Å². The molecular formula is C20H26N2O2. The molecule has 0 spiro atoms. The first-order chi connectivity index (χ1) is 11.5. The van der Waals surface area contributed by atoms with Crippen molar-refractivity contribution < 1.29 is 9.53 Å². The van der Waals surface area contributed by atoms with E-state index >= 15 is 0 Å². The number of hydrogen-bond donors (Lipinski definition) is 2. The van der Waals surface area contributed by atoms with Crippen LogP contribution in [0.5, 0.6) is 5.75 Å². The van der Waals surface area contributed by atoms with Crippen LogP contribution in [0.4, 0.5) is 5.69 Å². The fourth-order valence-electron chi connectivity index (χ4n) is 2.39. The third-order valence-corrected chi connectivity index (χ3v) is 3.49. The predicted octanol–water partition coefficient (Wildman–Crippen LogP) is 3.90. The molecule has 0 heterocycles. The van der Waals surface area contributed by atoms with Crippen LogP contribution in [0.2, 0.25) is 0 Å². The molecule has 24 heavy (non-hydrogen) atoms. The van der Waals surface area contributed by atoms with Gasteiger partial charge in [0.05, 0.1) is 11.8 Å². The van der Waals surface area contributed by atoms with Crippen molar-refractivity contribution in [1.82, 2.24) is 5.32 Å². The van der Waals surface area contributed by atoms with E-state index in [1.165, 1.54) is 5.56 Å². The molecule has 0 radical (unpaired) electrons. The van der Waals surface area contributed by atoms with Gasteiger partial charge in [-0.2, -0.15) is 0 Å². The van der Waals surface area contributed by atoms with E-state index in [9.17, 15) is 4.79 Å². The molecule has 1 amide bonds. The first kappa shape index (κ1) is 17.9. The molecule has 0 aliphatic rings. The van der Waals surface area contributed by atoms with Crippen LogP contribution >= 0.6 is 0 Å². The molecular weight excluding hydrogens is 300 g/mol. The number of benzene rings is 2. The van der Waals surface area contributed by atoms with E-state index in [1.807, 2.05) is 63.2 Å². The molecule has 2 aromatic rings. The van der Waals surface area contributed by atoms with E-state index < -0.39 is 0 Å². The van der Waals surface area contributed by atoms with Gasteiger partial charge in [-0.3, -0.25) is 4.79 Å². The summed E-state index contributed by atoms with van der Waals surface area (Å²) in [6.07, 6.45) is 0.535. The Morgan fingerprint density at radius 2 is 1.92 bits per heavy atom. The maximum atomic E-state index is 12.0. The number of anilines is 1. The Morgan fingerprint density at radius 1 is 1.12 bits per heavy atom. The van der Waals surface area contributed by atoms with Gasteiger partial charge < -0.3 is 15.4 Å². The van der Waals surface area contributed by atoms with E-state index in [1.54, 1.807) is 0 Å². The van der Waals surface area contributed by atoms with Gasteiger partial charge in [0, 0.05) is 19.5 Å². The largest absolute Gasteiger partial charge is 0.489 e. The van der Waals surface area contributed by atoms with Crippen molar-refractivity contribution >= 4 is 11.6 Å². The Kier molecular flexibility index (Phi) is 6.67. The zero-order chi connectivity index (χ0) is 17.4. The van der Waals surface area contributed by atoms with Crippen LogP contribution in [0.3, 0.4) is 0 Å². The smallest absolute Gasteiger partial charge is 0.222 e. The number of ether oxygens (including phenoxy) is 1. The summed E-state index contributed by atoms with van der Waals surface area (Å²) in [5, 5.41) is 6.22. The number of rotatable bonds is 8. The van der Waals surface area contributed by atoms with E-state index in [2.05, 4.69) is 16.7 Å². The molecule has 0 fully saturated rings. The molecule has 0 atom stereocenters. The predicted molar refractivity (Wildman–Crippen MR) is 98.3 cm³/mol. The number of amides is 1. The minimum atomic E-state index is 0.0336. The average Bonchev–Trinajstić information content (AvgIpc) is 2.54. The third kappa shape index (κ3) is 5.95. The lowest BCUT2D eigenvalue weighted by molar-refractivity contribution is -0.121. The fourth-order valence-corrected chi connectivity index (χ4v) is 2.39. The Balaban J connectivity index is 1.76. The second kappa shape index (κ2) is 8.96. The van der Waals surface area contributed by atoms with Crippen molar-refractivity contribution in [3.8, 4) is 5.75 Å². The molecule has 0 saturated carbocycles. The van der Waals surface area contributed by atoms with Crippen molar-refractivity contribution in [3.63, 3.8) is 0 Å². The summed E-state index contributed by atoms with van der Waals surface area (Å²) in [6.45, 7) is 7.17. The van der Waals surface area contributed by atoms with Gasteiger partial charge in [0.1, 0.15) is 5.75 Å². The minimum Gasteiger partial charge on any atom is -0.489 e. The van der Waals surface area contributed by atoms with Gasteiger partial charge in [-0.15, -0.1) is 0 Å². The molecule has 0 aliphatic heterocycles. The Bertz CT molecular complexity index is 668. The van der Waals surface area contributed by atoms with Gasteiger partial charge in [0.15, 0.2) is 0 Å². The summed E-state index contributed by atoms with van der Waals surface area (Å²) in [7, 11) is 0. The van der Waals surface area contributed by atoms with Crippen molar-refractivity contribution in [2.75, 3.05) is 11.9 Å². The van der Waals surface area contributed by atoms with Crippen LogP contribution in [-0.4, -0.2) is 18.6 Å². The Hall–Kier alpha value is -2.49. The number of carbonyl (C=O) groups is 1. The molecule has 0 aliphatic carbocycles. The molecule has 2 aromatic carbocycles. The normalized spacial score (nSPS) is 10.5. The molecule has 4 nitrogen and oxygen atoms in total. The molecule has 2 rings (SSSR count). The van der Waals surface area contributed by atoms with Crippen LogP contribution in [0.15, 0.2) is 48.5 Å². The number of carbonyl (C=O) groups excluding carboxylic acids is 1. The topological polar surface area (TPSA) is 50.4 Å². The molecule has 128 valence electrons. The monoisotopic (exact) mass is 326 g/mol. The van der Waals surface area contributed by atoms with E-state index in [0.29, 0.717) is 19.5 Å². The Labute approximate surface area is 144 Å². The summed E-state index contributed by atoms with van der Waals surface area (Å²) in [5.41, 5.74) is 3.23. The van der Waals surface area contributed by atoms with Gasteiger partial charge in [-0.25, -0.2) is 0 Å². The van der Waals surface area contributed by atoms with E-state index in [4.69, 9.17) is 4.74 Å². The van der Waals surface area contributed by atoms with E-state index in [-0.39, 0.29) is 12.0 Å². The number of aryl methyl sites for hydroxylation is 1. The summed E-state index contributed by atoms with van der Waals surface area (Å²) < 4.78 is 5.76. The van der Waals surface area contributed by atoms with Gasteiger partial charge in [0.25, 0.3) is 0 Å². The average molecular weight is 326 g/mol. The molecule has 0 unspecified atom stereocenters. The van der Waals surface area contributed by atoms with Crippen molar-refractivity contribution in [2.45, 2.75) is 39.8 Å². The summed E-state index contributed by atoms with van der Waals surface area (Å²) >= 11 is 0. The first-order valence-electron chi connectivity index (χ1n) is 8.36. The molecule has 0 aromatic heterocycles. The standard InChI is InChI=1S/C20H26N2O2/c1-15(2)24-19-10-5-4-9-18(19)21-12-11-20(23)22-14-17-8-6-7-16(3)13-17/h4-10,13,15,21H,11-12,14H2,1-3H3,(H,22,23). The number of hydrogen-bond acceptors (Lipinski definition) is 3. The molecule has 0 bridgehead atoms. The Morgan fingerprint density at radius 3 is 2.67 bits per heavy atom. The highest BCUT2D eigenvalue weighted by Gasteiger charge is 2.06. The van der Waals surface area contributed by atoms with Gasteiger partial charge in [-0.1, -0.05) is 42.0 Å². The molecule has 0 saturated heterocycles. The van der Waals surface area contributed by atoms with Crippen molar-refractivity contribution in [1.29, 1.82) is 0 Å². The second-order valence-electron chi connectivity index (χ2n) is 6.11. The van der Waals surface area contributed by atoms with Crippen LogP contribution in [0.1, 0.15) is 31.4 Å². The van der Waals surface area contributed by atoms with Gasteiger partial charge in [0.2, 0.25) is 5.91 Å². The lowest BCUT2D eigenvalue weighted by Crippen LogP contribution is -2.25. The highest BCUT2D eigenvalue weighted by Crippen LogP contribution is 2.24. The zero-order valence-electron chi connectivity index (χ0n) is 14.6.